The van der Waals surface area contributed by atoms with Crippen molar-refractivity contribution in [3.05, 3.63) is 78.0 Å². The third-order valence-electron chi connectivity index (χ3n) is 5.02. The highest BCUT2D eigenvalue weighted by atomic mass is 32.2. The minimum absolute atomic E-state index is 0.170. The van der Waals surface area contributed by atoms with Crippen LogP contribution < -0.4 is 14.9 Å². The molecule has 2 heterocycles. The Morgan fingerprint density at radius 3 is 2.62 bits per heavy atom. The van der Waals surface area contributed by atoms with Crippen LogP contribution in [0.1, 0.15) is 18.1 Å². The Hall–Kier alpha value is -2.90. The summed E-state index contributed by atoms with van der Waals surface area (Å²) in [5.41, 5.74) is 4.22. The number of nitrogens with zero attached hydrogens (tertiary/aromatic N) is 2. The number of nitrogens with one attached hydrogen (secondary N) is 2. The van der Waals surface area contributed by atoms with Gasteiger partial charge >= 0.3 is 0 Å². The summed E-state index contributed by atoms with van der Waals surface area (Å²) in [4.78, 5) is 4.50. The van der Waals surface area contributed by atoms with Crippen LogP contribution in [-0.2, 0) is 23.0 Å². The standard InChI is InChI=1S/C22H24N4O2S/c1-2-26(20-6-4-3-5-7-20)29(27,28)21-10-11-22(24-16-21)25-19-9-8-17-12-13-23-15-18(17)14-19/h3-11,14,16,23H,2,12-13,15H2,1H3,(H,24,25). The Labute approximate surface area is 171 Å². The van der Waals surface area contributed by atoms with Crippen molar-refractivity contribution in [3.8, 4) is 0 Å². The quantitative estimate of drug-likeness (QED) is 0.651. The molecule has 7 heteroatoms. The lowest BCUT2D eigenvalue weighted by Gasteiger charge is -2.22. The molecule has 0 amide bonds. The molecule has 0 fully saturated rings. The van der Waals surface area contributed by atoms with Crippen molar-refractivity contribution in [2.24, 2.45) is 0 Å². The van der Waals surface area contributed by atoms with Crippen LogP contribution in [0, 0.1) is 0 Å². The van der Waals surface area contributed by atoms with E-state index in [4.69, 9.17) is 0 Å². The van der Waals surface area contributed by atoms with E-state index in [9.17, 15) is 8.42 Å². The fourth-order valence-electron chi connectivity index (χ4n) is 3.53. The first-order valence-electron chi connectivity index (χ1n) is 9.71. The Morgan fingerprint density at radius 1 is 1.07 bits per heavy atom. The van der Waals surface area contributed by atoms with Gasteiger partial charge in [0.15, 0.2) is 0 Å². The van der Waals surface area contributed by atoms with Gasteiger partial charge in [-0.3, -0.25) is 4.31 Å². The van der Waals surface area contributed by atoms with Crippen molar-refractivity contribution in [3.63, 3.8) is 0 Å². The van der Waals surface area contributed by atoms with E-state index in [2.05, 4.69) is 27.8 Å². The first-order valence-corrected chi connectivity index (χ1v) is 11.2. The molecule has 4 rings (SSSR count). The Morgan fingerprint density at radius 2 is 1.90 bits per heavy atom. The molecule has 0 radical (unpaired) electrons. The van der Waals surface area contributed by atoms with Gasteiger partial charge in [0, 0.05) is 25.0 Å². The normalized spacial score (nSPS) is 13.6. The molecule has 0 saturated heterocycles. The summed E-state index contributed by atoms with van der Waals surface area (Å²) in [5, 5.41) is 6.63. The maximum Gasteiger partial charge on any atom is 0.265 e. The number of fused-ring (bicyclic) bond motifs is 1. The second-order valence-corrected chi connectivity index (χ2v) is 8.78. The molecule has 0 unspecified atom stereocenters. The molecule has 0 aliphatic carbocycles. The molecule has 150 valence electrons. The summed E-state index contributed by atoms with van der Waals surface area (Å²) >= 11 is 0. The molecular formula is C22H24N4O2S. The van der Waals surface area contributed by atoms with Gasteiger partial charge in [0.05, 0.1) is 5.69 Å². The lowest BCUT2D eigenvalue weighted by molar-refractivity contribution is 0.591. The lowest BCUT2D eigenvalue weighted by Crippen LogP contribution is -2.30. The number of aromatic nitrogens is 1. The topological polar surface area (TPSA) is 74.3 Å². The van der Waals surface area contributed by atoms with Crippen LogP contribution in [0.3, 0.4) is 0 Å². The first-order chi connectivity index (χ1) is 14.1. The number of rotatable bonds is 6. The predicted octanol–water partition coefficient (Wildman–Crippen LogP) is 3.69. The van der Waals surface area contributed by atoms with E-state index in [1.54, 1.807) is 24.3 Å². The smallest absolute Gasteiger partial charge is 0.265 e. The van der Waals surface area contributed by atoms with E-state index < -0.39 is 10.0 Å². The van der Waals surface area contributed by atoms with Crippen molar-refractivity contribution in [2.75, 3.05) is 22.7 Å². The number of hydrogen-bond donors (Lipinski definition) is 2. The fraction of sp³-hybridized carbons (Fsp3) is 0.227. The number of benzene rings is 2. The minimum atomic E-state index is -3.67. The molecule has 2 aromatic carbocycles. The summed E-state index contributed by atoms with van der Waals surface area (Å²) in [7, 11) is -3.67. The first kappa shape index (κ1) is 19.4. The molecule has 29 heavy (non-hydrogen) atoms. The van der Waals surface area contributed by atoms with Gasteiger partial charge < -0.3 is 10.6 Å². The van der Waals surface area contributed by atoms with Gasteiger partial charge in [0.1, 0.15) is 10.7 Å². The van der Waals surface area contributed by atoms with Gasteiger partial charge in [-0.05, 0) is 67.4 Å². The van der Waals surface area contributed by atoms with Crippen LogP contribution in [0.5, 0.6) is 0 Å². The maximum absolute atomic E-state index is 13.1. The van der Waals surface area contributed by atoms with Crippen molar-refractivity contribution < 1.29 is 8.42 Å². The maximum atomic E-state index is 13.1. The van der Waals surface area contributed by atoms with Gasteiger partial charge in [-0.15, -0.1) is 0 Å². The van der Waals surface area contributed by atoms with E-state index in [0.29, 0.717) is 18.1 Å². The van der Waals surface area contributed by atoms with Crippen LogP contribution in [0.2, 0.25) is 0 Å². The Balaban J connectivity index is 1.54. The number of hydrogen-bond acceptors (Lipinski definition) is 5. The average Bonchev–Trinajstić information content (AvgIpc) is 2.75. The molecule has 0 bridgehead atoms. The molecule has 2 N–H and O–H groups in total. The van der Waals surface area contributed by atoms with Crippen molar-refractivity contribution in [1.29, 1.82) is 0 Å². The molecule has 3 aromatic rings. The van der Waals surface area contributed by atoms with Gasteiger partial charge in [0.2, 0.25) is 0 Å². The highest BCUT2D eigenvalue weighted by Gasteiger charge is 2.23. The Kier molecular flexibility index (Phi) is 5.51. The van der Waals surface area contributed by atoms with Gasteiger partial charge in [-0.25, -0.2) is 13.4 Å². The van der Waals surface area contributed by atoms with Crippen LogP contribution in [-0.4, -0.2) is 26.5 Å². The zero-order valence-corrected chi connectivity index (χ0v) is 17.1. The summed E-state index contributed by atoms with van der Waals surface area (Å²) in [6.45, 7) is 4.03. The summed E-state index contributed by atoms with van der Waals surface area (Å²) in [5.74, 6) is 0.607. The van der Waals surface area contributed by atoms with Gasteiger partial charge in [0.25, 0.3) is 10.0 Å². The molecule has 0 saturated carbocycles. The van der Waals surface area contributed by atoms with Crippen LogP contribution in [0.25, 0.3) is 0 Å². The van der Waals surface area contributed by atoms with Crippen molar-refractivity contribution in [2.45, 2.75) is 24.8 Å². The number of pyridine rings is 1. The van der Waals surface area contributed by atoms with E-state index in [1.165, 1.54) is 21.6 Å². The van der Waals surface area contributed by atoms with Crippen LogP contribution >= 0.6 is 0 Å². The predicted molar refractivity (Wildman–Crippen MR) is 116 cm³/mol. The summed E-state index contributed by atoms with van der Waals surface area (Å²) < 4.78 is 27.5. The van der Waals surface area contributed by atoms with Gasteiger partial charge in [-0.2, -0.15) is 0 Å². The monoisotopic (exact) mass is 408 g/mol. The molecule has 0 atom stereocenters. The van der Waals surface area contributed by atoms with E-state index in [0.717, 1.165) is 25.2 Å². The molecule has 1 aromatic heterocycles. The van der Waals surface area contributed by atoms with Crippen molar-refractivity contribution >= 4 is 27.2 Å². The van der Waals surface area contributed by atoms with E-state index in [1.807, 2.05) is 31.2 Å². The number of anilines is 3. The second kappa shape index (κ2) is 8.23. The molecule has 1 aliphatic heterocycles. The average molecular weight is 409 g/mol. The fourth-order valence-corrected chi connectivity index (χ4v) is 4.95. The number of para-hydroxylation sites is 1. The molecular weight excluding hydrogens is 384 g/mol. The van der Waals surface area contributed by atoms with Crippen LogP contribution in [0.15, 0.2) is 71.8 Å². The zero-order chi connectivity index (χ0) is 20.3. The molecule has 0 spiro atoms. The minimum Gasteiger partial charge on any atom is -0.340 e. The number of sulfonamides is 1. The van der Waals surface area contributed by atoms with E-state index in [-0.39, 0.29) is 4.90 Å². The highest BCUT2D eigenvalue weighted by Crippen LogP contribution is 2.25. The third-order valence-corrected chi connectivity index (χ3v) is 6.91. The largest absolute Gasteiger partial charge is 0.340 e. The third kappa shape index (κ3) is 4.11. The summed E-state index contributed by atoms with van der Waals surface area (Å²) in [6, 6.07) is 18.7. The zero-order valence-electron chi connectivity index (χ0n) is 16.3. The van der Waals surface area contributed by atoms with Crippen molar-refractivity contribution in [1.82, 2.24) is 10.3 Å². The molecule has 1 aliphatic rings. The summed E-state index contributed by atoms with van der Waals surface area (Å²) in [6.07, 6.45) is 2.44. The van der Waals surface area contributed by atoms with Gasteiger partial charge in [-0.1, -0.05) is 24.3 Å². The highest BCUT2D eigenvalue weighted by molar-refractivity contribution is 7.92. The Bertz CT molecular complexity index is 1080. The van der Waals surface area contributed by atoms with E-state index >= 15 is 0 Å². The second-order valence-electron chi connectivity index (χ2n) is 6.92. The van der Waals surface area contributed by atoms with Crippen LogP contribution in [0.4, 0.5) is 17.2 Å². The SMILES string of the molecule is CCN(c1ccccc1)S(=O)(=O)c1ccc(Nc2ccc3c(c2)CNCC3)nc1. The lowest BCUT2D eigenvalue weighted by atomic mass is 10.0. The molecule has 6 nitrogen and oxygen atoms in total.